The summed E-state index contributed by atoms with van der Waals surface area (Å²) < 4.78 is 0. The zero-order chi connectivity index (χ0) is 11.5. The quantitative estimate of drug-likeness (QED) is 0.736. The minimum Gasteiger partial charge on any atom is -0.394 e. The summed E-state index contributed by atoms with van der Waals surface area (Å²) in [6, 6.07) is 8.21. The molecule has 0 aliphatic carbocycles. The third kappa shape index (κ3) is 1.84. The molecule has 2 aromatic rings. The lowest BCUT2D eigenvalue weighted by atomic mass is 10.0. The van der Waals surface area contributed by atoms with E-state index in [1.54, 1.807) is 0 Å². The molecule has 1 aromatic heterocycles. The van der Waals surface area contributed by atoms with Crippen molar-refractivity contribution in [3.05, 3.63) is 35.5 Å². The molecule has 0 aliphatic rings. The summed E-state index contributed by atoms with van der Waals surface area (Å²) >= 11 is 0. The van der Waals surface area contributed by atoms with E-state index in [1.165, 1.54) is 10.9 Å². The van der Waals surface area contributed by atoms with Gasteiger partial charge in [0.25, 0.3) is 0 Å². The summed E-state index contributed by atoms with van der Waals surface area (Å²) in [6.07, 6.45) is 0. The van der Waals surface area contributed by atoms with E-state index < -0.39 is 0 Å². The number of H-pyrrole nitrogens is 1. The minimum absolute atomic E-state index is 0.0150. The number of aromatic nitrogens is 1. The van der Waals surface area contributed by atoms with E-state index in [1.807, 2.05) is 19.1 Å². The molecule has 0 saturated heterocycles. The van der Waals surface area contributed by atoms with Gasteiger partial charge in [-0.2, -0.15) is 0 Å². The maximum Gasteiger partial charge on any atom is 0.0627 e. The van der Waals surface area contributed by atoms with Crippen molar-refractivity contribution < 1.29 is 5.11 Å². The van der Waals surface area contributed by atoms with E-state index in [-0.39, 0.29) is 12.6 Å². The average Bonchev–Trinajstić information content (AvgIpc) is 2.62. The van der Waals surface area contributed by atoms with Gasteiger partial charge >= 0.3 is 0 Å². The normalized spacial score (nSPS) is 13.2. The summed E-state index contributed by atoms with van der Waals surface area (Å²) in [5.74, 6) is 0. The molecular formula is C13H18N2O. The van der Waals surface area contributed by atoms with Crippen LogP contribution in [0.2, 0.25) is 0 Å². The van der Waals surface area contributed by atoms with Gasteiger partial charge < -0.3 is 15.4 Å². The van der Waals surface area contributed by atoms with Crippen LogP contribution in [0, 0.1) is 6.92 Å². The molecule has 86 valence electrons. The molecule has 1 heterocycles. The van der Waals surface area contributed by atoms with Crippen molar-refractivity contribution >= 4 is 10.9 Å². The van der Waals surface area contributed by atoms with Crippen LogP contribution in [-0.2, 0) is 0 Å². The van der Waals surface area contributed by atoms with Crippen LogP contribution < -0.4 is 5.32 Å². The molecule has 3 heteroatoms. The molecule has 1 atom stereocenters. The van der Waals surface area contributed by atoms with Gasteiger partial charge in [0.1, 0.15) is 0 Å². The Morgan fingerprint density at radius 3 is 2.81 bits per heavy atom. The van der Waals surface area contributed by atoms with Crippen molar-refractivity contribution in [3.63, 3.8) is 0 Å². The van der Waals surface area contributed by atoms with Gasteiger partial charge in [-0.1, -0.05) is 25.1 Å². The Kier molecular flexibility index (Phi) is 3.27. The van der Waals surface area contributed by atoms with Gasteiger partial charge in [0.05, 0.1) is 12.6 Å². The summed E-state index contributed by atoms with van der Waals surface area (Å²) in [6.45, 7) is 5.07. The molecule has 2 rings (SSSR count). The standard InChI is InChI=1S/C13H18N2O/c1-3-14-12(8-16)13-9(2)15-11-7-5-4-6-10(11)13/h4-7,12,14-16H,3,8H2,1-2H3. The molecule has 3 nitrogen and oxygen atoms in total. The van der Waals surface area contributed by atoms with Crippen LogP contribution in [0.4, 0.5) is 0 Å². The fraction of sp³-hybridized carbons (Fsp3) is 0.385. The van der Waals surface area contributed by atoms with E-state index in [0.717, 1.165) is 17.8 Å². The third-order valence-corrected chi connectivity index (χ3v) is 2.92. The molecule has 0 radical (unpaired) electrons. The van der Waals surface area contributed by atoms with Crippen molar-refractivity contribution in [1.82, 2.24) is 10.3 Å². The lowest BCUT2D eigenvalue weighted by Gasteiger charge is -2.15. The highest BCUT2D eigenvalue weighted by molar-refractivity contribution is 5.85. The Morgan fingerprint density at radius 2 is 2.12 bits per heavy atom. The third-order valence-electron chi connectivity index (χ3n) is 2.92. The largest absolute Gasteiger partial charge is 0.394 e. The highest BCUT2D eigenvalue weighted by atomic mass is 16.3. The predicted octanol–water partition coefficient (Wildman–Crippen LogP) is 2.12. The Hall–Kier alpha value is -1.32. The first-order valence-electron chi connectivity index (χ1n) is 5.69. The zero-order valence-corrected chi connectivity index (χ0v) is 9.75. The number of fused-ring (bicyclic) bond motifs is 1. The summed E-state index contributed by atoms with van der Waals surface area (Å²) in [7, 11) is 0. The van der Waals surface area contributed by atoms with Crippen LogP contribution in [0.3, 0.4) is 0 Å². The summed E-state index contributed by atoms with van der Waals surface area (Å²) in [4.78, 5) is 3.35. The van der Waals surface area contributed by atoms with Crippen LogP contribution in [0.5, 0.6) is 0 Å². The number of aryl methyl sites for hydroxylation is 1. The SMILES string of the molecule is CCNC(CO)c1c(C)[nH]c2ccccc12. The molecule has 1 aromatic carbocycles. The first kappa shape index (κ1) is 11.2. The predicted molar refractivity (Wildman–Crippen MR) is 66.5 cm³/mol. The molecule has 0 saturated carbocycles. The second kappa shape index (κ2) is 4.68. The summed E-state index contributed by atoms with van der Waals surface area (Å²) in [5.41, 5.74) is 3.44. The van der Waals surface area contributed by atoms with Gasteiger partial charge in [0.15, 0.2) is 0 Å². The number of likely N-dealkylation sites (N-methyl/N-ethyl adjacent to an activating group) is 1. The number of aliphatic hydroxyl groups excluding tert-OH is 1. The molecule has 3 N–H and O–H groups in total. The fourth-order valence-corrected chi connectivity index (χ4v) is 2.25. The van der Waals surface area contributed by atoms with Crippen molar-refractivity contribution in [2.24, 2.45) is 0 Å². The van der Waals surface area contributed by atoms with E-state index in [0.29, 0.717) is 0 Å². The topological polar surface area (TPSA) is 48.0 Å². The molecule has 16 heavy (non-hydrogen) atoms. The Balaban J connectivity index is 2.53. The van der Waals surface area contributed by atoms with Crippen molar-refractivity contribution in [1.29, 1.82) is 0 Å². The van der Waals surface area contributed by atoms with E-state index >= 15 is 0 Å². The Bertz CT molecular complexity index is 476. The number of para-hydroxylation sites is 1. The van der Waals surface area contributed by atoms with Gasteiger partial charge in [-0.3, -0.25) is 0 Å². The van der Waals surface area contributed by atoms with Crippen LogP contribution in [0.25, 0.3) is 10.9 Å². The van der Waals surface area contributed by atoms with Crippen molar-refractivity contribution in [2.75, 3.05) is 13.2 Å². The van der Waals surface area contributed by atoms with Crippen LogP contribution in [0.15, 0.2) is 24.3 Å². The first-order valence-corrected chi connectivity index (χ1v) is 5.69. The van der Waals surface area contributed by atoms with E-state index in [2.05, 4.69) is 29.4 Å². The smallest absolute Gasteiger partial charge is 0.0627 e. The van der Waals surface area contributed by atoms with Gasteiger partial charge in [-0.15, -0.1) is 0 Å². The Morgan fingerprint density at radius 1 is 1.38 bits per heavy atom. The van der Waals surface area contributed by atoms with E-state index in [9.17, 15) is 5.11 Å². The number of hydrogen-bond acceptors (Lipinski definition) is 2. The summed E-state index contributed by atoms with van der Waals surface area (Å²) in [5, 5.41) is 13.9. The monoisotopic (exact) mass is 218 g/mol. The first-order chi connectivity index (χ1) is 7.77. The van der Waals surface area contributed by atoms with Gasteiger partial charge in [0, 0.05) is 16.6 Å². The van der Waals surface area contributed by atoms with Crippen LogP contribution in [-0.4, -0.2) is 23.2 Å². The van der Waals surface area contributed by atoms with Crippen LogP contribution >= 0.6 is 0 Å². The lowest BCUT2D eigenvalue weighted by Crippen LogP contribution is -2.24. The lowest BCUT2D eigenvalue weighted by molar-refractivity contribution is 0.246. The number of benzene rings is 1. The number of aliphatic hydroxyl groups is 1. The number of hydrogen-bond donors (Lipinski definition) is 3. The molecule has 0 aliphatic heterocycles. The molecular weight excluding hydrogens is 200 g/mol. The van der Waals surface area contributed by atoms with Crippen LogP contribution in [0.1, 0.15) is 24.2 Å². The molecule has 0 spiro atoms. The average molecular weight is 218 g/mol. The number of nitrogens with one attached hydrogen (secondary N) is 2. The number of rotatable bonds is 4. The zero-order valence-electron chi connectivity index (χ0n) is 9.75. The van der Waals surface area contributed by atoms with E-state index in [4.69, 9.17) is 0 Å². The fourth-order valence-electron chi connectivity index (χ4n) is 2.25. The maximum atomic E-state index is 9.44. The highest BCUT2D eigenvalue weighted by Crippen LogP contribution is 2.27. The molecule has 1 unspecified atom stereocenters. The molecule has 0 amide bonds. The highest BCUT2D eigenvalue weighted by Gasteiger charge is 2.16. The minimum atomic E-state index is 0.0150. The van der Waals surface area contributed by atoms with Crippen molar-refractivity contribution in [2.45, 2.75) is 19.9 Å². The van der Waals surface area contributed by atoms with Gasteiger partial charge in [-0.05, 0) is 25.1 Å². The second-order valence-electron chi connectivity index (χ2n) is 4.00. The second-order valence-corrected chi connectivity index (χ2v) is 4.00. The Labute approximate surface area is 95.5 Å². The maximum absolute atomic E-state index is 9.44. The number of aromatic amines is 1. The van der Waals surface area contributed by atoms with Gasteiger partial charge in [-0.25, -0.2) is 0 Å². The molecule has 0 bridgehead atoms. The molecule has 0 fully saturated rings. The van der Waals surface area contributed by atoms with Crippen molar-refractivity contribution in [3.8, 4) is 0 Å². The van der Waals surface area contributed by atoms with Gasteiger partial charge in [0.2, 0.25) is 0 Å².